The zero-order chi connectivity index (χ0) is 42.1. The summed E-state index contributed by atoms with van der Waals surface area (Å²) in [6, 6.07) is 80.0. The maximum Gasteiger partial charge on any atom is 0.342 e. The number of anilines is 1. The summed E-state index contributed by atoms with van der Waals surface area (Å²) in [6.07, 6.45) is 4.64. The molecular formula is C58H43NO2P2. The monoisotopic (exact) mass is 847 g/mol. The zero-order valence-corrected chi connectivity index (χ0v) is 36.5. The lowest BCUT2D eigenvalue weighted by Gasteiger charge is -2.36. The van der Waals surface area contributed by atoms with Crippen molar-refractivity contribution < 1.29 is 8.39 Å². The fourth-order valence-corrected chi connectivity index (χ4v) is 13.2. The molecule has 5 heteroatoms. The fraction of sp³-hybridized carbons (Fsp3) is 0.0345. The number of para-hydroxylation sites is 1. The third kappa shape index (κ3) is 7.30. The Kier molecular flexibility index (Phi) is 10.4. The zero-order valence-electron chi connectivity index (χ0n) is 34.8. The van der Waals surface area contributed by atoms with Gasteiger partial charge in [-0.2, -0.15) is 0 Å². The molecule has 0 saturated carbocycles. The van der Waals surface area contributed by atoms with Crippen LogP contribution in [0.4, 0.5) is 5.69 Å². The van der Waals surface area contributed by atoms with Crippen LogP contribution in [0.25, 0.3) is 60.3 Å². The first-order chi connectivity index (χ1) is 31.2. The van der Waals surface area contributed by atoms with E-state index < -0.39 is 16.1 Å². The van der Waals surface area contributed by atoms with Crippen molar-refractivity contribution in [3.8, 4) is 0 Å². The van der Waals surface area contributed by atoms with Crippen LogP contribution in [0.5, 0.6) is 0 Å². The number of rotatable bonds is 5. The highest BCUT2D eigenvalue weighted by Crippen LogP contribution is 2.53. The fourth-order valence-electron chi connectivity index (χ4n) is 9.02. The van der Waals surface area contributed by atoms with Gasteiger partial charge in [0.25, 0.3) is 0 Å². The van der Waals surface area contributed by atoms with E-state index in [2.05, 4.69) is 230 Å². The first-order valence-corrected chi connectivity index (χ1v) is 23.9. The van der Waals surface area contributed by atoms with Crippen molar-refractivity contribution in [2.75, 3.05) is 4.67 Å². The van der Waals surface area contributed by atoms with E-state index in [4.69, 9.17) is 8.39 Å². The van der Waals surface area contributed by atoms with Gasteiger partial charge in [-0.1, -0.05) is 230 Å². The minimum atomic E-state index is -1.79. The lowest BCUT2D eigenvalue weighted by molar-refractivity contribution is 0.626. The summed E-state index contributed by atoms with van der Waals surface area (Å²) in [7, 11) is -2.76. The van der Waals surface area contributed by atoms with Crippen LogP contribution in [0.15, 0.2) is 239 Å². The number of hydrogen-bond acceptors (Lipinski definition) is 3. The minimum Gasteiger partial charge on any atom is -0.404 e. The Morgan fingerprint density at radius 3 is 1.48 bits per heavy atom. The molecule has 12 rings (SSSR count). The molecule has 0 N–H and O–H groups in total. The summed E-state index contributed by atoms with van der Waals surface area (Å²) in [5, 5.41) is 13.0. The normalized spacial score (nSPS) is 13.4. The van der Waals surface area contributed by atoms with E-state index in [1.807, 2.05) is 18.2 Å². The number of nitrogens with zero attached hydrogens (tertiary/aromatic N) is 1. The van der Waals surface area contributed by atoms with Gasteiger partial charge in [0.05, 0.1) is 11.7 Å². The average molecular weight is 848 g/mol. The highest BCUT2D eigenvalue weighted by atomic mass is 31.1. The Morgan fingerprint density at radius 1 is 0.444 bits per heavy atom. The van der Waals surface area contributed by atoms with Crippen LogP contribution in [0.3, 0.4) is 0 Å². The molecule has 0 aliphatic carbocycles. The molecule has 63 heavy (non-hydrogen) atoms. The predicted molar refractivity (Wildman–Crippen MR) is 271 cm³/mol. The van der Waals surface area contributed by atoms with Crippen molar-refractivity contribution in [2.24, 2.45) is 0 Å². The molecule has 2 heterocycles. The highest BCUT2D eigenvalue weighted by Gasteiger charge is 2.35. The van der Waals surface area contributed by atoms with Gasteiger partial charge in [-0.3, -0.25) is 4.67 Å². The molecule has 0 radical (unpaired) electrons. The molecule has 1 aromatic heterocycles. The molecule has 1 atom stereocenters. The molecule has 11 aromatic rings. The molecule has 0 amide bonds. The SMILES string of the molecule is C1=C[C@@H](c2cccc3ccccc23)N(p2oc3ccc4ccccc4c3c3c(ccc4ccccc43)o2)c2c1cccc2P(c1ccccc1)c1ccccc1.Cc1ccccc1. The topological polar surface area (TPSA) is 29.5 Å². The third-order valence-corrected chi connectivity index (χ3v) is 15.9. The van der Waals surface area contributed by atoms with Crippen molar-refractivity contribution in [1.29, 1.82) is 0 Å². The van der Waals surface area contributed by atoms with Crippen LogP contribution in [-0.2, 0) is 0 Å². The van der Waals surface area contributed by atoms with E-state index in [0.717, 1.165) is 44.0 Å². The first-order valence-electron chi connectivity index (χ1n) is 21.4. The second-order valence-corrected chi connectivity index (χ2v) is 19.3. The van der Waals surface area contributed by atoms with Gasteiger partial charge in [-0.25, -0.2) is 0 Å². The quantitative estimate of drug-likeness (QED) is 0.162. The third-order valence-electron chi connectivity index (χ3n) is 11.9. The van der Waals surface area contributed by atoms with Crippen LogP contribution in [0.2, 0.25) is 0 Å². The van der Waals surface area contributed by atoms with Crippen molar-refractivity contribution in [2.45, 2.75) is 13.0 Å². The highest BCUT2D eigenvalue weighted by molar-refractivity contribution is 7.80. The summed E-state index contributed by atoms with van der Waals surface area (Å²) in [5.74, 6) is 0. The number of hydrogen-bond donors (Lipinski definition) is 0. The minimum absolute atomic E-state index is 0.185. The summed E-state index contributed by atoms with van der Waals surface area (Å²) in [6.45, 7) is 2.08. The van der Waals surface area contributed by atoms with Crippen LogP contribution < -0.4 is 20.6 Å². The standard InChI is InChI=1S/C51H35NO2P2.C7H8/c1-3-20-39(21-4-1)55(40-22-5-2-6-23-40)48-28-14-19-38-29-32-45(44-27-13-18-35-15-7-10-24-41(35)44)52(51(38)48)56-53-46-33-30-36-16-8-11-25-42(36)49(46)50-43-26-12-9-17-37(43)31-34-47(50)54-56;1-7-5-3-2-4-6-7/h1-34,45H;2-6H,1H3/t45-;/m0./s1. The molecule has 1 aliphatic heterocycles. The van der Waals surface area contributed by atoms with E-state index in [0.29, 0.717) is 0 Å². The van der Waals surface area contributed by atoms with Gasteiger partial charge in [0.2, 0.25) is 0 Å². The van der Waals surface area contributed by atoms with Gasteiger partial charge in [0, 0.05) is 16.1 Å². The first kappa shape index (κ1) is 38.7. The second-order valence-electron chi connectivity index (χ2n) is 15.8. The maximum atomic E-state index is 7.44. The van der Waals surface area contributed by atoms with Gasteiger partial charge in [0.15, 0.2) is 0 Å². The molecule has 0 bridgehead atoms. The molecule has 302 valence electrons. The molecular weight excluding hydrogens is 805 g/mol. The van der Waals surface area contributed by atoms with Gasteiger partial charge >= 0.3 is 8.16 Å². The molecule has 0 fully saturated rings. The van der Waals surface area contributed by atoms with E-state index in [-0.39, 0.29) is 6.04 Å². The number of fused-ring (bicyclic) bond motifs is 9. The van der Waals surface area contributed by atoms with Crippen LogP contribution >= 0.6 is 16.1 Å². The largest absolute Gasteiger partial charge is 0.404 e. The van der Waals surface area contributed by atoms with Gasteiger partial charge in [-0.05, 0) is 81.0 Å². The smallest absolute Gasteiger partial charge is 0.342 e. The molecule has 0 spiro atoms. The Labute approximate surface area is 369 Å². The van der Waals surface area contributed by atoms with Crippen LogP contribution in [0, 0.1) is 6.92 Å². The van der Waals surface area contributed by atoms with Gasteiger partial charge < -0.3 is 8.39 Å². The lowest BCUT2D eigenvalue weighted by Crippen LogP contribution is -2.30. The van der Waals surface area contributed by atoms with E-state index in [9.17, 15) is 0 Å². The second kappa shape index (κ2) is 17.0. The van der Waals surface area contributed by atoms with Crippen molar-refractivity contribution in [1.82, 2.24) is 0 Å². The van der Waals surface area contributed by atoms with E-state index in [1.54, 1.807) is 0 Å². The van der Waals surface area contributed by atoms with Crippen LogP contribution in [0.1, 0.15) is 22.7 Å². The molecule has 0 saturated heterocycles. The van der Waals surface area contributed by atoms with E-state index >= 15 is 0 Å². The van der Waals surface area contributed by atoms with Crippen molar-refractivity contribution in [3.05, 3.63) is 247 Å². The predicted octanol–water partition coefficient (Wildman–Crippen LogP) is 15.5. The number of benzene rings is 10. The molecule has 0 unspecified atom stereocenters. The Hall–Kier alpha value is -7.15. The average Bonchev–Trinajstić information content (AvgIpc) is 3.52. The Morgan fingerprint density at radius 2 is 0.921 bits per heavy atom. The number of aryl methyl sites for hydroxylation is 1. The summed E-state index contributed by atoms with van der Waals surface area (Å²) < 4.78 is 17.4. The molecule has 10 aromatic carbocycles. The summed E-state index contributed by atoms with van der Waals surface area (Å²) in [5.41, 5.74) is 6.47. The Bertz CT molecular complexity index is 3350. The Balaban J connectivity index is 0.000000581. The van der Waals surface area contributed by atoms with Gasteiger partial charge in [-0.15, -0.1) is 0 Å². The van der Waals surface area contributed by atoms with Crippen molar-refractivity contribution >= 4 is 98.0 Å². The molecule has 1 aliphatic rings. The maximum absolute atomic E-state index is 7.44. The van der Waals surface area contributed by atoms with E-state index in [1.165, 1.54) is 48.6 Å². The van der Waals surface area contributed by atoms with Crippen molar-refractivity contribution in [3.63, 3.8) is 0 Å². The van der Waals surface area contributed by atoms with Crippen LogP contribution in [-0.4, -0.2) is 0 Å². The molecule has 3 nitrogen and oxygen atoms in total. The van der Waals surface area contributed by atoms with Gasteiger partial charge in [0.1, 0.15) is 11.2 Å². The summed E-state index contributed by atoms with van der Waals surface area (Å²) in [4.78, 5) is 0. The lowest BCUT2D eigenvalue weighted by atomic mass is 9.95. The summed E-state index contributed by atoms with van der Waals surface area (Å²) >= 11 is 0.